The Labute approximate surface area is 187 Å². The molecule has 0 saturated heterocycles. The third-order valence-electron chi connectivity index (χ3n) is 5.04. The number of nitrogens with one attached hydrogen (secondary N) is 1. The Morgan fingerprint density at radius 1 is 0.750 bits per heavy atom. The molecule has 0 saturated carbocycles. The van der Waals surface area contributed by atoms with Crippen molar-refractivity contribution in [1.82, 2.24) is 19.9 Å². The van der Waals surface area contributed by atoms with Crippen molar-refractivity contribution < 1.29 is 4.21 Å². The first kappa shape index (κ1) is 19.8. The number of rotatable bonds is 5. The highest BCUT2D eigenvalue weighted by Crippen LogP contribution is 2.32. The monoisotopic (exact) mass is 438 g/mol. The van der Waals surface area contributed by atoms with Gasteiger partial charge >= 0.3 is 0 Å². The van der Waals surface area contributed by atoms with Crippen LogP contribution in [0.3, 0.4) is 0 Å². The molecule has 0 spiro atoms. The third-order valence-corrected chi connectivity index (χ3v) is 6.19. The molecule has 0 radical (unpaired) electrons. The van der Waals surface area contributed by atoms with Gasteiger partial charge in [0.15, 0.2) is 11.0 Å². The number of aromatic nitrogens is 4. The van der Waals surface area contributed by atoms with Crippen molar-refractivity contribution in [1.29, 1.82) is 0 Å². The van der Waals surface area contributed by atoms with E-state index in [0.29, 0.717) is 10.6 Å². The Morgan fingerprint density at radius 3 is 2.28 bits per heavy atom. The van der Waals surface area contributed by atoms with E-state index in [9.17, 15) is 4.21 Å². The first-order chi connectivity index (χ1) is 15.7. The lowest BCUT2D eigenvalue weighted by Gasteiger charge is -2.11. The van der Waals surface area contributed by atoms with Gasteiger partial charge in [0.05, 0.1) is 5.52 Å². The number of nitrogens with zero attached hydrogens (tertiary/aromatic N) is 4. The maximum Gasteiger partial charge on any atom is 0.154 e. The predicted octanol–water partition coefficient (Wildman–Crippen LogP) is 4.47. The molecule has 0 bridgehead atoms. The van der Waals surface area contributed by atoms with Crippen LogP contribution in [0, 0.1) is 0 Å². The summed E-state index contributed by atoms with van der Waals surface area (Å²) < 4.78 is 15.8. The molecular formula is C24H18N6OS. The van der Waals surface area contributed by atoms with Crippen molar-refractivity contribution in [3.8, 4) is 22.3 Å². The van der Waals surface area contributed by atoms with Gasteiger partial charge in [-0.1, -0.05) is 6.07 Å². The third kappa shape index (κ3) is 3.91. The minimum atomic E-state index is -1.58. The molecule has 0 amide bonds. The van der Waals surface area contributed by atoms with Crippen LogP contribution in [0.1, 0.15) is 0 Å². The minimum absolute atomic E-state index is 0.216. The van der Waals surface area contributed by atoms with Crippen molar-refractivity contribution in [2.45, 2.75) is 4.90 Å². The van der Waals surface area contributed by atoms with Crippen molar-refractivity contribution in [2.24, 2.45) is 0 Å². The smallest absolute Gasteiger partial charge is 0.154 e. The van der Waals surface area contributed by atoms with Gasteiger partial charge in [-0.3, -0.25) is 15.0 Å². The number of nitrogen functional groups attached to an aromatic ring is 1. The van der Waals surface area contributed by atoms with E-state index in [1.165, 1.54) is 0 Å². The number of nitrogens with two attached hydrogens (primary N) is 1. The molecule has 5 rings (SSSR count). The average Bonchev–Trinajstić information content (AvgIpc) is 2.85. The molecule has 4 aromatic heterocycles. The van der Waals surface area contributed by atoms with Gasteiger partial charge in [-0.15, -0.1) is 0 Å². The molecule has 1 aromatic carbocycles. The summed E-state index contributed by atoms with van der Waals surface area (Å²) >= 11 is 0. The van der Waals surface area contributed by atoms with Gasteiger partial charge in [-0.2, -0.15) is 0 Å². The lowest BCUT2D eigenvalue weighted by atomic mass is 9.98. The van der Waals surface area contributed by atoms with Crippen LogP contribution < -0.4 is 10.5 Å². The van der Waals surface area contributed by atoms with Gasteiger partial charge < -0.3 is 10.5 Å². The summed E-state index contributed by atoms with van der Waals surface area (Å²) in [5, 5.41) is 1.01. The van der Waals surface area contributed by atoms with E-state index in [0.717, 1.165) is 33.2 Å². The summed E-state index contributed by atoms with van der Waals surface area (Å²) in [7, 11) is -1.58. The summed E-state index contributed by atoms with van der Waals surface area (Å²) in [5.74, 6) is 0.216. The van der Waals surface area contributed by atoms with Crippen LogP contribution in [0.15, 0.2) is 96.7 Å². The molecule has 8 heteroatoms. The molecule has 0 fully saturated rings. The summed E-state index contributed by atoms with van der Waals surface area (Å²) in [6.45, 7) is 0. The molecule has 0 aliphatic carbocycles. The number of hydrogen-bond donors (Lipinski definition) is 2. The molecule has 4 heterocycles. The second-order valence-corrected chi connectivity index (χ2v) is 8.22. The van der Waals surface area contributed by atoms with Crippen molar-refractivity contribution >= 4 is 33.4 Å². The highest BCUT2D eigenvalue weighted by atomic mass is 32.2. The van der Waals surface area contributed by atoms with E-state index >= 15 is 0 Å². The number of hydrogen-bond acceptors (Lipinski definition) is 6. The van der Waals surface area contributed by atoms with E-state index in [2.05, 4.69) is 30.7 Å². The standard InChI is InChI=1S/C24H18N6OS/c25-24-23(32(31)30-19-5-10-27-11-6-19)14-18(15-29-24)17-1-2-22-21(13-17)20(7-12-28-22)16-3-8-26-9-4-16/h1-15H,(H2,25,29)(H,27,30). The number of fused-ring (bicyclic) bond motifs is 1. The second-order valence-electron chi connectivity index (χ2n) is 7.04. The van der Waals surface area contributed by atoms with Gasteiger partial charge in [0, 0.05) is 53.8 Å². The minimum Gasteiger partial charge on any atom is -0.383 e. The van der Waals surface area contributed by atoms with E-state index < -0.39 is 11.0 Å². The van der Waals surface area contributed by atoms with Gasteiger partial charge in [-0.25, -0.2) is 9.19 Å². The largest absolute Gasteiger partial charge is 0.383 e. The highest BCUT2D eigenvalue weighted by molar-refractivity contribution is 7.86. The lowest BCUT2D eigenvalue weighted by Crippen LogP contribution is -2.08. The van der Waals surface area contributed by atoms with Gasteiger partial charge in [-0.05, 0) is 65.2 Å². The Morgan fingerprint density at radius 2 is 1.50 bits per heavy atom. The Balaban J connectivity index is 1.56. The SMILES string of the molecule is Nc1ncc(-c2ccc3nccc(-c4ccncc4)c3c2)cc1S(=O)Nc1ccncc1. The molecule has 156 valence electrons. The average molecular weight is 439 g/mol. The normalized spacial score (nSPS) is 11.9. The zero-order chi connectivity index (χ0) is 21.9. The van der Waals surface area contributed by atoms with Gasteiger partial charge in [0.2, 0.25) is 0 Å². The fourth-order valence-corrected chi connectivity index (χ4v) is 4.39. The zero-order valence-corrected chi connectivity index (χ0v) is 17.7. The zero-order valence-electron chi connectivity index (χ0n) is 16.8. The fourth-order valence-electron chi connectivity index (χ4n) is 3.45. The molecule has 7 nitrogen and oxygen atoms in total. The molecule has 0 aliphatic rings. The van der Waals surface area contributed by atoms with Crippen LogP contribution in [0.2, 0.25) is 0 Å². The molecule has 1 atom stereocenters. The maximum atomic E-state index is 12.9. The number of benzene rings is 1. The summed E-state index contributed by atoms with van der Waals surface area (Å²) in [6.07, 6.45) is 10.3. The predicted molar refractivity (Wildman–Crippen MR) is 127 cm³/mol. The van der Waals surface area contributed by atoms with Crippen LogP contribution in [0.4, 0.5) is 11.5 Å². The summed E-state index contributed by atoms with van der Waals surface area (Å²) in [6, 6.07) is 17.2. The Hall–Kier alpha value is -4.17. The maximum absolute atomic E-state index is 12.9. The Bertz CT molecular complexity index is 1430. The van der Waals surface area contributed by atoms with Crippen LogP contribution in [-0.2, 0) is 11.0 Å². The van der Waals surface area contributed by atoms with E-state index in [1.54, 1.807) is 55.4 Å². The van der Waals surface area contributed by atoms with E-state index in [-0.39, 0.29) is 5.82 Å². The van der Waals surface area contributed by atoms with Crippen LogP contribution in [-0.4, -0.2) is 24.1 Å². The quantitative estimate of drug-likeness (QED) is 0.419. The molecule has 32 heavy (non-hydrogen) atoms. The highest BCUT2D eigenvalue weighted by Gasteiger charge is 2.13. The molecular weight excluding hydrogens is 420 g/mol. The summed E-state index contributed by atoms with van der Waals surface area (Å²) in [5.41, 5.74) is 11.5. The molecule has 5 aromatic rings. The number of pyridine rings is 4. The lowest BCUT2D eigenvalue weighted by molar-refractivity contribution is 0.686. The van der Waals surface area contributed by atoms with Crippen molar-refractivity contribution in [3.05, 3.63) is 91.8 Å². The van der Waals surface area contributed by atoms with Crippen LogP contribution in [0.25, 0.3) is 33.2 Å². The Kier molecular flexibility index (Phi) is 5.27. The molecule has 0 aliphatic heterocycles. The van der Waals surface area contributed by atoms with Crippen molar-refractivity contribution in [2.75, 3.05) is 10.5 Å². The molecule has 3 N–H and O–H groups in total. The van der Waals surface area contributed by atoms with Gasteiger partial charge in [0.1, 0.15) is 10.7 Å². The van der Waals surface area contributed by atoms with E-state index in [4.69, 9.17) is 5.73 Å². The first-order valence-electron chi connectivity index (χ1n) is 9.82. The first-order valence-corrected chi connectivity index (χ1v) is 11.0. The fraction of sp³-hybridized carbons (Fsp3) is 0. The van der Waals surface area contributed by atoms with Crippen molar-refractivity contribution in [3.63, 3.8) is 0 Å². The van der Waals surface area contributed by atoms with Gasteiger partial charge in [0.25, 0.3) is 0 Å². The van der Waals surface area contributed by atoms with Crippen LogP contribution in [0.5, 0.6) is 0 Å². The second kappa shape index (κ2) is 8.52. The van der Waals surface area contributed by atoms with Crippen LogP contribution >= 0.6 is 0 Å². The topological polar surface area (TPSA) is 107 Å². The number of anilines is 2. The summed E-state index contributed by atoms with van der Waals surface area (Å²) in [4.78, 5) is 17.3. The molecule has 1 unspecified atom stereocenters. The van der Waals surface area contributed by atoms with E-state index in [1.807, 2.05) is 30.3 Å².